The van der Waals surface area contributed by atoms with Crippen LogP contribution >= 0.6 is 23.4 Å². The van der Waals surface area contributed by atoms with Gasteiger partial charge in [-0.05, 0) is 26.0 Å². The van der Waals surface area contributed by atoms with Gasteiger partial charge in [-0.3, -0.25) is 4.79 Å². The van der Waals surface area contributed by atoms with Crippen LogP contribution in [0.2, 0.25) is 5.02 Å². The summed E-state index contributed by atoms with van der Waals surface area (Å²) in [6.07, 6.45) is 8.66. The van der Waals surface area contributed by atoms with Crippen molar-refractivity contribution < 1.29 is 0 Å². The molecule has 6 heteroatoms. The first-order valence-electron chi connectivity index (χ1n) is 6.72. The fourth-order valence-electron chi connectivity index (χ4n) is 2.53. The summed E-state index contributed by atoms with van der Waals surface area (Å²) in [6.45, 7) is 2.42. The lowest BCUT2D eigenvalue weighted by molar-refractivity contribution is 0.474. The van der Waals surface area contributed by atoms with Crippen LogP contribution in [0, 0.1) is 0 Å². The second kappa shape index (κ2) is 6.66. The highest BCUT2D eigenvalue weighted by Gasteiger charge is 2.25. The van der Waals surface area contributed by atoms with Crippen molar-refractivity contribution in [2.45, 2.75) is 50.4 Å². The summed E-state index contributed by atoms with van der Waals surface area (Å²) in [4.78, 5) is 11.9. The van der Waals surface area contributed by atoms with E-state index in [0.717, 1.165) is 6.42 Å². The molecule has 0 amide bonds. The van der Waals surface area contributed by atoms with Gasteiger partial charge in [0.2, 0.25) is 0 Å². The molecule has 1 aromatic rings. The van der Waals surface area contributed by atoms with Crippen LogP contribution in [0.25, 0.3) is 0 Å². The number of aryl methyl sites for hydroxylation is 1. The molecular formula is C13H20ClN3OS. The summed E-state index contributed by atoms with van der Waals surface area (Å²) in [7, 11) is 0. The number of halogens is 1. The SMILES string of the molecule is CCn1ncc(NC2CCCCC2SC)c(Cl)c1=O. The molecule has 0 bridgehead atoms. The zero-order chi connectivity index (χ0) is 13.8. The average Bonchev–Trinajstić information content (AvgIpc) is 2.45. The van der Waals surface area contributed by atoms with Gasteiger partial charge in [0.15, 0.2) is 0 Å². The number of rotatable bonds is 4. The Balaban J connectivity index is 2.19. The van der Waals surface area contributed by atoms with Crippen LogP contribution in [0.4, 0.5) is 5.69 Å². The van der Waals surface area contributed by atoms with Crippen molar-refractivity contribution in [2.75, 3.05) is 11.6 Å². The number of nitrogens with one attached hydrogen (secondary N) is 1. The van der Waals surface area contributed by atoms with Crippen molar-refractivity contribution >= 4 is 29.1 Å². The van der Waals surface area contributed by atoms with Crippen molar-refractivity contribution in [3.63, 3.8) is 0 Å². The molecule has 2 rings (SSSR count). The molecule has 2 unspecified atom stereocenters. The minimum atomic E-state index is -0.217. The fraction of sp³-hybridized carbons (Fsp3) is 0.692. The number of hydrogen-bond acceptors (Lipinski definition) is 4. The van der Waals surface area contributed by atoms with Gasteiger partial charge in [0.05, 0.1) is 11.9 Å². The van der Waals surface area contributed by atoms with E-state index in [2.05, 4.69) is 16.7 Å². The number of anilines is 1. The van der Waals surface area contributed by atoms with E-state index in [1.807, 2.05) is 18.7 Å². The highest BCUT2D eigenvalue weighted by molar-refractivity contribution is 7.99. The van der Waals surface area contributed by atoms with E-state index in [4.69, 9.17) is 11.6 Å². The van der Waals surface area contributed by atoms with Gasteiger partial charge < -0.3 is 5.32 Å². The zero-order valence-electron chi connectivity index (χ0n) is 11.4. The standard InChI is InChI=1S/C13H20ClN3OS/c1-3-17-13(18)12(14)10(8-15-17)16-9-6-4-5-7-11(9)19-2/h8-9,11,16H,3-7H2,1-2H3. The van der Waals surface area contributed by atoms with Gasteiger partial charge in [-0.2, -0.15) is 16.9 Å². The van der Waals surface area contributed by atoms with E-state index in [9.17, 15) is 4.79 Å². The number of thioether (sulfide) groups is 1. The molecule has 106 valence electrons. The van der Waals surface area contributed by atoms with Gasteiger partial charge in [0.1, 0.15) is 5.02 Å². The van der Waals surface area contributed by atoms with Crippen LogP contribution in [0.15, 0.2) is 11.0 Å². The molecule has 1 aliphatic rings. The number of nitrogens with zero attached hydrogens (tertiary/aromatic N) is 2. The molecule has 2 atom stereocenters. The van der Waals surface area contributed by atoms with Crippen molar-refractivity contribution in [1.29, 1.82) is 0 Å². The van der Waals surface area contributed by atoms with Gasteiger partial charge in [-0.25, -0.2) is 4.68 Å². The Labute approximate surface area is 122 Å². The highest BCUT2D eigenvalue weighted by Crippen LogP contribution is 2.30. The molecule has 1 aliphatic carbocycles. The Morgan fingerprint density at radius 3 is 2.95 bits per heavy atom. The van der Waals surface area contributed by atoms with E-state index in [1.54, 1.807) is 6.20 Å². The Hall–Kier alpha value is -0.680. The smallest absolute Gasteiger partial charge is 0.287 e. The quantitative estimate of drug-likeness (QED) is 0.928. The van der Waals surface area contributed by atoms with Gasteiger partial charge in [-0.15, -0.1) is 0 Å². The van der Waals surface area contributed by atoms with Gasteiger partial charge in [0.25, 0.3) is 5.56 Å². The fourth-order valence-corrected chi connectivity index (χ4v) is 3.67. The minimum absolute atomic E-state index is 0.217. The van der Waals surface area contributed by atoms with E-state index in [-0.39, 0.29) is 10.6 Å². The zero-order valence-corrected chi connectivity index (χ0v) is 12.9. The van der Waals surface area contributed by atoms with Crippen LogP contribution in [0.3, 0.4) is 0 Å². The molecule has 0 spiro atoms. The normalized spacial score (nSPS) is 23.3. The van der Waals surface area contributed by atoms with Crippen LogP contribution in [-0.2, 0) is 6.54 Å². The molecule has 19 heavy (non-hydrogen) atoms. The summed E-state index contributed by atoms with van der Waals surface area (Å²) < 4.78 is 1.38. The Morgan fingerprint density at radius 2 is 2.26 bits per heavy atom. The molecule has 4 nitrogen and oxygen atoms in total. The maximum Gasteiger partial charge on any atom is 0.287 e. The highest BCUT2D eigenvalue weighted by atomic mass is 35.5. The lowest BCUT2D eigenvalue weighted by Gasteiger charge is -2.31. The average molecular weight is 302 g/mol. The van der Waals surface area contributed by atoms with Crippen LogP contribution in [0.1, 0.15) is 32.6 Å². The molecule has 1 aromatic heterocycles. The molecule has 1 N–H and O–H groups in total. The monoisotopic (exact) mass is 301 g/mol. The molecule has 1 saturated carbocycles. The second-order valence-electron chi connectivity index (χ2n) is 4.80. The predicted octanol–water partition coefficient (Wildman–Crippen LogP) is 3.00. The van der Waals surface area contributed by atoms with Gasteiger partial charge in [0, 0.05) is 17.8 Å². The summed E-state index contributed by atoms with van der Waals surface area (Å²) in [5, 5.41) is 8.37. The molecular weight excluding hydrogens is 282 g/mol. The summed E-state index contributed by atoms with van der Waals surface area (Å²) >= 11 is 8.03. The van der Waals surface area contributed by atoms with Gasteiger partial charge >= 0.3 is 0 Å². The second-order valence-corrected chi connectivity index (χ2v) is 6.26. The molecule has 1 heterocycles. The number of hydrogen-bond donors (Lipinski definition) is 1. The third kappa shape index (κ3) is 3.26. The first-order valence-corrected chi connectivity index (χ1v) is 8.39. The predicted molar refractivity (Wildman–Crippen MR) is 82.4 cm³/mol. The lowest BCUT2D eigenvalue weighted by Crippen LogP contribution is -2.35. The van der Waals surface area contributed by atoms with Crippen molar-refractivity contribution in [1.82, 2.24) is 9.78 Å². The Kier molecular flexibility index (Phi) is 5.16. The third-order valence-electron chi connectivity index (χ3n) is 3.63. The number of aromatic nitrogens is 2. The summed E-state index contributed by atoms with van der Waals surface area (Å²) in [5.74, 6) is 0. The first kappa shape index (κ1) is 14.7. The molecule has 0 aromatic carbocycles. The maximum absolute atomic E-state index is 11.9. The third-order valence-corrected chi connectivity index (χ3v) is 5.17. The Morgan fingerprint density at radius 1 is 1.53 bits per heavy atom. The van der Waals surface area contributed by atoms with Gasteiger partial charge in [-0.1, -0.05) is 24.4 Å². The molecule has 1 fully saturated rings. The van der Waals surface area contributed by atoms with E-state index < -0.39 is 0 Å². The van der Waals surface area contributed by atoms with Crippen molar-refractivity contribution in [3.8, 4) is 0 Å². The van der Waals surface area contributed by atoms with Crippen molar-refractivity contribution in [3.05, 3.63) is 21.6 Å². The first-order chi connectivity index (χ1) is 9.17. The Bertz CT molecular complexity index is 491. The molecule has 0 radical (unpaired) electrons. The lowest BCUT2D eigenvalue weighted by atomic mass is 9.95. The van der Waals surface area contributed by atoms with E-state index in [0.29, 0.717) is 23.5 Å². The van der Waals surface area contributed by atoms with Crippen LogP contribution < -0.4 is 10.9 Å². The van der Waals surface area contributed by atoms with E-state index in [1.165, 1.54) is 23.9 Å². The summed E-state index contributed by atoms with van der Waals surface area (Å²) in [5.41, 5.74) is 0.452. The maximum atomic E-state index is 11.9. The van der Waals surface area contributed by atoms with E-state index >= 15 is 0 Å². The van der Waals surface area contributed by atoms with Crippen molar-refractivity contribution in [2.24, 2.45) is 0 Å². The molecule has 0 saturated heterocycles. The molecule has 0 aliphatic heterocycles. The minimum Gasteiger partial charge on any atom is -0.379 e. The van der Waals surface area contributed by atoms with Crippen LogP contribution in [-0.4, -0.2) is 27.3 Å². The topological polar surface area (TPSA) is 46.9 Å². The summed E-state index contributed by atoms with van der Waals surface area (Å²) in [6, 6.07) is 0.375. The van der Waals surface area contributed by atoms with Crippen LogP contribution in [0.5, 0.6) is 0 Å². The largest absolute Gasteiger partial charge is 0.379 e.